The van der Waals surface area contributed by atoms with Crippen molar-refractivity contribution >= 4 is 39.8 Å². The monoisotopic (exact) mass is 301 g/mol. The molecule has 1 aromatic carbocycles. The van der Waals surface area contributed by atoms with Gasteiger partial charge in [0.2, 0.25) is 0 Å². The Bertz CT molecular complexity index is 842. The van der Waals surface area contributed by atoms with Crippen LogP contribution in [0, 0.1) is 6.92 Å². The molecule has 1 amide bonds. The zero-order chi connectivity index (χ0) is 15.0. The Morgan fingerprint density at radius 2 is 2.19 bits per heavy atom. The van der Waals surface area contributed by atoms with Crippen molar-refractivity contribution < 1.29 is 4.79 Å². The first-order valence-corrected chi connectivity index (χ1v) is 6.60. The second kappa shape index (κ2) is 5.06. The van der Waals surface area contributed by atoms with E-state index in [-0.39, 0.29) is 5.69 Å². The smallest absolute Gasteiger partial charge is 0.278 e. The molecule has 0 bridgehead atoms. The van der Waals surface area contributed by atoms with Gasteiger partial charge in [0.15, 0.2) is 5.69 Å². The lowest BCUT2D eigenvalue weighted by molar-refractivity contribution is 0.102. The fourth-order valence-electron chi connectivity index (χ4n) is 2.03. The highest BCUT2D eigenvalue weighted by Crippen LogP contribution is 2.28. The molecule has 3 rings (SSSR count). The Balaban J connectivity index is 2.01. The number of amides is 1. The quantitative estimate of drug-likeness (QED) is 0.678. The molecule has 0 saturated heterocycles. The Morgan fingerprint density at radius 1 is 1.38 bits per heavy atom. The van der Waals surface area contributed by atoms with Gasteiger partial charge >= 0.3 is 0 Å². The fraction of sp³-hybridized carbons (Fsp3) is 0.0714. The van der Waals surface area contributed by atoms with Crippen LogP contribution in [0.15, 0.2) is 30.5 Å². The molecule has 3 aromatic rings. The van der Waals surface area contributed by atoms with Crippen LogP contribution in [0.4, 0.5) is 11.4 Å². The Kier molecular flexibility index (Phi) is 3.23. The molecule has 0 unspecified atom stereocenters. The number of nitrogens with one attached hydrogen (secondary N) is 2. The molecule has 0 atom stereocenters. The number of anilines is 2. The van der Waals surface area contributed by atoms with Gasteiger partial charge in [0.25, 0.3) is 5.91 Å². The number of benzene rings is 1. The van der Waals surface area contributed by atoms with E-state index in [1.165, 1.54) is 0 Å². The highest BCUT2D eigenvalue weighted by molar-refractivity contribution is 6.36. The number of nitrogens with zero attached hydrogens (tertiary/aromatic N) is 2. The molecule has 4 N–H and O–H groups in total. The summed E-state index contributed by atoms with van der Waals surface area (Å²) in [7, 11) is 0. The van der Waals surface area contributed by atoms with Crippen LogP contribution in [0.2, 0.25) is 5.02 Å². The lowest BCUT2D eigenvalue weighted by Gasteiger charge is -2.08. The van der Waals surface area contributed by atoms with Gasteiger partial charge in [-0.15, -0.1) is 0 Å². The van der Waals surface area contributed by atoms with E-state index in [4.69, 9.17) is 17.3 Å². The van der Waals surface area contributed by atoms with E-state index in [2.05, 4.69) is 20.5 Å². The molecule has 2 heterocycles. The maximum atomic E-state index is 12.2. The number of hydrogen-bond acceptors (Lipinski definition) is 4. The number of carbonyl (C=O) groups is 1. The van der Waals surface area contributed by atoms with Crippen molar-refractivity contribution in [1.29, 1.82) is 0 Å². The second-order valence-electron chi connectivity index (χ2n) is 4.56. The number of aromatic nitrogens is 3. The lowest BCUT2D eigenvalue weighted by Crippen LogP contribution is -2.14. The molecular formula is C14H12ClN5O. The minimum Gasteiger partial charge on any atom is -0.395 e. The van der Waals surface area contributed by atoms with E-state index in [1.807, 2.05) is 6.07 Å². The van der Waals surface area contributed by atoms with E-state index in [0.717, 1.165) is 5.39 Å². The summed E-state index contributed by atoms with van der Waals surface area (Å²) < 4.78 is 0. The fourth-order valence-corrected chi connectivity index (χ4v) is 2.25. The molecule has 0 aliphatic heterocycles. The van der Waals surface area contributed by atoms with E-state index < -0.39 is 5.91 Å². The topological polar surface area (TPSA) is 96.7 Å². The number of rotatable bonds is 2. The number of H-pyrrole nitrogens is 1. The van der Waals surface area contributed by atoms with Crippen molar-refractivity contribution in [2.45, 2.75) is 6.92 Å². The number of carbonyl (C=O) groups excluding carboxylic acids is 1. The number of pyridine rings is 1. The summed E-state index contributed by atoms with van der Waals surface area (Å²) in [5, 5.41) is 10.7. The van der Waals surface area contributed by atoms with Gasteiger partial charge in [0, 0.05) is 11.6 Å². The number of aromatic amines is 1. The van der Waals surface area contributed by atoms with Gasteiger partial charge in [-0.1, -0.05) is 11.6 Å². The third-order valence-corrected chi connectivity index (χ3v) is 3.50. The number of nitrogen functional groups attached to an aromatic ring is 1. The zero-order valence-corrected chi connectivity index (χ0v) is 11.9. The van der Waals surface area contributed by atoms with Crippen LogP contribution in [0.5, 0.6) is 0 Å². The summed E-state index contributed by atoms with van der Waals surface area (Å²) in [6.45, 7) is 1.75. The van der Waals surface area contributed by atoms with Crippen molar-refractivity contribution in [1.82, 2.24) is 15.2 Å². The second-order valence-corrected chi connectivity index (χ2v) is 4.97. The molecule has 2 aromatic heterocycles. The molecule has 7 heteroatoms. The lowest BCUT2D eigenvalue weighted by atomic mass is 10.2. The summed E-state index contributed by atoms with van der Waals surface area (Å²) in [4.78, 5) is 16.5. The van der Waals surface area contributed by atoms with Gasteiger partial charge in [-0.05, 0) is 31.2 Å². The molecular weight excluding hydrogens is 290 g/mol. The van der Waals surface area contributed by atoms with Gasteiger partial charge in [0.1, 0.15) is 0 Å². The number of hydrogen-bond donors (Lipinski definition) is 3. The van der Waals surface area contributed by atoms with Gasteiger partial charge < -0.3 is 11.1 Å². The summed E-state index contributed by atoms with van der Waals surface area (Å²) in [6, 6.07) is 7.04. The summed E-state index contributed by atoms with van der Waals surface area (Å²) >= 11 is 6.12. The SMILES string of the molecule is Cc1[nH]nc(C(=O)Nc2ccc(Cl)c3cccnc23)c1N. The van der Waals surface area contributed by atoms with Crippen LogP contribution in [0.25, 0.3) is 10.9 Å². The highest BCUT2D eigenvalue weighted by atomic mass is 35.5. The van der Waals surface area contributed by atoms with Gasteiger partial charge in [-0.25, -0.2) is 0 Å². The third kappa shape index (κ3) is 2.30. The van der Waals surface area contributed by atoms with Crippen LogP contribution in [-0.2, 0) is 0 Å². The normalized spacial score (nSPS) is 10.8. The molecule has 21 heavy (non-hydrogen) atoms. The predicted octanol–water partition coefficient (Wildman–Crippen LogP) is 2.75. The predicted molar refractivity (Wildman–Crippen MR) is 82.4 cm³/mol. The highest BCUT2D eigenvalue weighted by Gasteiger charge is 2.17. The molecule has 0 fully saturated rings. The first-order chi connectivity index (χ1) is 10.1. The van der Waals surface area contributed by atoms with E-state index >= 15 is 0 Å². The molecule has 0 spiro atoms. The van der Waals surface area contributed by atoms with Crippen LogP contribution in [0.3, 0.4) is 0 Å². The van der Waals surface area contributed by atoms with Crippen molar-refractivity contribution in [3.63, 3.8) is 0 Å². The van der Waals surface area contributed by atoms with Crippen molar-refractivity contribution in [3.8, 4) is 0 Å². The number of fused-ring (bicyclic) bond motifs is 1. The summed E-state index contributed by atoms with van der Waals surface area (Å²) in [5.41, 5.74) is 8.12. The summed E-state index contributed by atoms with van der Waals surface area (Å²) in [5.74, 6) is -0.397. The largest absolute Gasteiger partial charge is 0.395 e. The molecule has 6 nitrogen and oxygen atoms in total. The van der Waals surface area contributed by atoms with Crippen molar-refractivity contribution in [2.24, 2.45) is 0 Å². The Labute approximate surface area is 125 Å². The first-order valence-electron chi connectivity index (χ1n) is 6.23. The third-order valence-electron chi connectivity index (χ3n) is 3.17. The average molecular weight is 302 g/mol. The molecule has 0 aliphatic rings. The van der Waals surface area contributed by atoms with E-state index in [1.54, 1.807) is 31.3 Å². The number of aryl methyl sites for hydroxylation is 1. The number of nitrogens with two attached hydrogens (primary N) is 1. The minimum absolute atomic E-state index is 0.159. The van der Waals surface area contributed by atoms with E-state index in [0.29, 0.717) is 27.6 Å². The Hall–Kier alpha value is -2.60. The maximum absolute atomic E-state index is 12.2. The van der Waals surface area contributed by atoms with Crippen molar-refractivity contribution in [3.05, 3.63) is 46.9 Å². The maximum Gasteiger partial charge on any atom is 0.278 e. The Morgan fingerprint density at radius 3 is 2.90 bits per heavy atom. The molecule has 0 radical (unpaired) electrons. The van der Waals surface area contributed by atoms with Crippen LogP contribution >= 0.6 is 11.6 Å². The van der Waals surface area contributed by atoms with Gasteiger partial charge in [-0.3, -0.25) is 14.9 Å². The van der Waals surface area contributed by atoms with E-state index in [9.17, 15) is 4.79 Å². The zero-order valence-electron chi connectivity index (χ0n) is 11.1. The molecule has 0 saturated carbocycles. The number of halogens is 1. The first kappa shape index (κ1) is 13.4. The molecule has 0 aliphatic carbocycles. The van der Waals surface area contributed by atoms with Crippen LogP contribution in [0.1, 0.15) is 16.2 Å². The molecule has 106 valence electrons. The van der Waals surface area contributed by atoms with Crippen LogP contribution in [-0.4, -0.2) is 21.1 Å². The van der Waals surface area contributed by atoms with Gasteiger partial charge in [-0.2, -0.15) is 5.10 Å². The van der Waals surface area contributed by atoms with Crippen LogP contribution < -0.4 is 11.1 Å². The van der Waals surface area contributed by atoms with Gasteiger partial charge in [0.05, 0.1) is 27.6 Å². The summed E-state index contributed by atoms with van der Waals surface area (Å²) in [6.07, 6.45) is 1.64. The average Bonchev–Trinajstić information content (AvgIpc) is 2.82. The minimum atomic E-state index is -0.397. The van der Waals surface area contributed by atoms with Crippen molar-refractivity contribution in [2.75, 3.05) is 11.1 Å². The standard InChI is InChI=1S/C14H12ClN5O/c1-7-11(16)13(20-19-7)14(21)18-10-5-4-9(15)8-3-2-6-17-12(8)10/h2-6H,16H2,1H3,(H,18,21)(H,19,20).